The molecule has 1 aromatic carbocycles. The van der Waals surface area contributed by atoms with Gasteiger partial charge in [0.2, 0.25) is 0 Å². The van der Waals surface area contributed by atoms with E-state index in [1.807, 2.05) is 17.9 Å². The average molecular weight is 399 g/mol. The van der Waals surface area contributed by atoms with Crippen LogP contribution in [0.2, 0.25) is 5.02 Å². The van der Waals surface area contributed by atoms with Crippen molar-refractivity contribution in [2.75, 3.05) is 13.1 Å². The minimum absolute atomic E-state index is 0.0838. The standard InChI is InChI=1S/C18H22ClN3O2.V/c1-11-7-15-12(2)10-22(6-5-13(15)8-16(11)19)17(23)4-3-14-9-20-18(24)21-14;/h7-8,12,14H,3-6,10H2,1-2H3,(H2,20,21,24);. The Morgan fingerprint density at radius 2 is 2.20 bits per heavy atom. The molecular formula is C18H22ClN3O2V. The zero-order valence-corrected chi connectivity index (χ0v) is 16.6. The van der Waals surface area contributed by atoms with E-state index in [4.69, 9.17) is 11.6 Å². The van der Waals surface area contributed by atoms with Crippen LogP contribution in [-0.4, -0.2) is 40.3 Å². The van der Waals surface area contributed by atoms with Crippen LogP contribution in [0.1, 0.15) is 42.4 Å². The first-order valence-electron chi connectivity index (χ1n) is 8.55. The Balaban J connectivity index is 1.63. The molecule has 0 bridgehead atoms. The Morgan fingerprint density at radius 1 is 1.44 bits per heavy atom. The molecule has 3 amide bonds. The van der Waals surface area contributed by atoms with Gasteiger partial charge in [-0.3, -0.25) is 0 Å². The van der Waals surface area contributed by atoms with Gasteiger partial charge >= 0.3 is 162 Å². The number of rotatable bonds is 3. The number of halogens is 1. The Morgan fingerprint density at radius 3 is 2.88 bits per heavy atom. The maximum atomic E-state index is 12.7. The van der Waals surface area contributed by atoms with Crippen LogP contribution in [-0.2, 0) is 28.2 Å². The average Bonchev–Trinajstić information content (AvgIpc) is 2.79. The first kappa shape index (κ1) is 18.5. The minimum atomic E-state index is -0.195. The second-order valence-corrected chi connectivity index (χ2v) is 8.03. The van der Waals surface area contributed by atoms with Gasteiger partial charge in [0.1, 0.15) is 0 Å². The number of carbonyl (C=O) groups is 2. The van der Waals surface area contributed by atoms with Gasteiger partial charge in [-0.15, -0.1) is 0 Å². The number of benzene rings is 1. The molecule has 25 heavy (non-hydrogen) atoms. The number of nitrogens with zero attached hydrogens (tertiary/aromatic N) is 1. The van der Waals surface area contributed by atoms with E-state index in [0.29, 0.717) is 19.4 Å². The molecule has 1 aromatic rings. The van der Waals surface area contributed by atoms with E-state index in [9.17, 15) is 9.59 Å². The summed E-state index contributed by atoms with van der Waals surface area (Å²) in [5.41, 5.74) is 3.62. The molecule has 2 aliphatic heterocycles. The summed E-state index contributed by atoms with van der Waals surface area (Å²) in [6.45, 7) is 5.61. The second-order valence-electron chi connectivity index (χ2n) is 6.87. The number of hydrogen-bond acceptors (Lipinski definition) is 2. The van der Waals surface area contributed by atoms with Crippen LogP contribution in [0.25, 0.3) is 0 Å². The molecule has 1 saturated heterocycles. The van der Waals surface area contributed by atoms with Crippen molar-refractivity contribution >= 4 is 27.9 Å². The Hall–Kier alpha value is -1.30. The fourth-order valence-corrected chi connectivity index (χ4v) is 4.17. The Kier molecular flexibility index (Phi) is 5.57. The molecule has 133 valence electrons. The predicted octanol–water partition coefficient (Wildman–Crippen LogP) is 2.27. The number of aryl methyl sites for hydroxylation is 1. The summed E-state index contributed by atoms with van der Waals surface area (Å²) in [6.07, 6.45) is 1.87. The van der Waals surface area contributed by atoms with Crippen molar-refractivity contribution in [1.82, 2.24) is 15.5 Å². The molecule has 0 radical (unpaired) electrons. The van der Waals surface area contributed by atoms with E-state index in [1.165, 1.54) is 11.1 Å². The predicted molar refractivity (Wildman–Crippen MR) is 94.6 cm³/mol. The van der Waals surface area contributed by atoms with Gasteiger partial charge in [-0.05, 0) is 0 Å². The van der Waals surface area contributed by atoms with Crippen molar-refractivity contribution in [3.8, 4) is 0 Å². The second kappa shape index (κ2) is 7.52. The SMILES string of the molecule is Cc1cc2c(cc1Cl)CCN(C(=O)CCC1NC(=O)N[C]1=[V])CC2C. The number of nitrogens with one attached hydrogen (secondary N) is 2. The molecule has 3 rings (SSSR count). The van der Waals surface area contributed by atoms with Gasteiger partial charge in [0, 0.05) is 0 Å². The summed E-state index contributed by atoms with van der Waals surface area (Å²) in [5.74, 6) is 0.430. The van der Waals surface area contributed by atoms with Crippen LogP contribution < -0.4 is 10.6 Å². The van der Waals surface area contributed by atoms with Gasteiger partial charge in [-0.1, -0.05) is 0 Å². The fraction of sp³-hybridized carbons (Fsp3) is 0.500. The molecule has 7 heteroatoms. The van der Waals surface area contributed by atoms with Crippen LogP contribution in [0.5, 0.6) is 0 Å². The van der Waals surface area contributed by atoms with Crippen LogP contribution in [0.4, 0.5) is 4.79 Å². The van der Waals surface area contributed by atoms with Crippen LogP contribution in [0.3, 0.4) is 0 Å². The zero-order chi connectivity index (χ0) is 18.1. The molecule has 2 atom stereocenters. The summed E-state index contributed by atoms with van der Waals surface area (Å²) in [7, 11) is 0. The maximum absolute atomic E-state index is 12.7. The summed E-state index contributed by atoms with van der Waals surface area (Å²) < 4.78 is 0.826. The molecule has 0 aliphatic carbocycles. The molecule has 1 fully saturated rings. The molecule has 2 aliphatic rings. The van der Waals surface area contributed by atoms with Gasteiger partial charge < -0.3 is 0 Å². The summed E-state index contributed by atoms with van der Waals surface area (Å²) in [6, 6.07) is 3.93. The van der Waals surface area contributed by atoms with E-state index < -0.39 is 0 Å². The molecule has 0 aromatic heterocycles. The first-order valence-corrected chi connectivity index (χ1v) is 9.62. The summed E-state index contributed by atoms with van der Waals surface area (Å²) in [4.78, 5) is 25.9. The Bertz CT molecular complexity index is 737. The van der Waals surface area contributed by atoms with E-state index in [-0.39, 0.29) is 23.9 Å². The molecular weight excluding hydrogens is 377 g/mol. The number of hydrogen-bond donors (Lipinski definition) is 2. The third-order valence-corrected chi connectivity index (χ3v) is 6.04. The van der Waals surface area contributed by atoms with Crippen molar-refractivity contribution in [2.45, 2.75) is 45.1 Å². The molecule has 2 heterocycles. The van der Waals surface area contributed by atoms with Crippen LogP contribution in [0, 0.1) is 6.92 Å². The Labute approximate surface area is 162 Å². The van der Waals surface area contributed by atoms with Gasteiger partial charge in [-0.25, -0.2) is 0 Å². The van der Waals surface area contributed by atoms with Crippen molar-refractivity contribution < 1.29 is 26.6 Å². The molecule has 5 nitrogen and oxygen atoms in total. The van der Waals surface area contributed by atoms with E-state index in [0.717, 1.165) is 27.9 Å². The molecule has 0 spiro atoms. The number of carbonyl (C=O) groups excluding carboxylic acids is 2. The number of urea groups is 1. The van der Waals surface area contributed by atoms with Crippen LogP contribution >= 0.6 is 11.6 Å². The van der Waals surface area contributed by atoms with Crippen molar-refractivity contribution in [2.24, 2.45) is 0 Å². The van der Waals surface area contributed by atoms with Crippen molar-refractivity contribution in [1.29, 1.82) is 0 Å². The number of fused-ring (bicyclic) bond motifs is 1. The van der Waals surface area contributed by atoms with E-state index in [2.05, 4.69) is 40.6 Å². The zero-order valence-electron chi connectivity index (χ0n) is 14.4. The van der Waals surface area contributed by atoms with Crippen molar-refractivity contribution in [3.63, 3.8) is 0 Å². The van der Waals surface area contributed by atoms with Gasteiger partial charge in [-0.2, -0.15) is 0 Å². The summed E-state index contributed by atoms with van der Waals surface area (Å²) in [5, 5.41) is 6.32. The third kappa shape index (κ3) is 4.10. The molecule has 2 N–H and O–H groups in total. The van der Waals surface area contributed by atoms with E-state index >= 15 is 0 Å². The van der Waals surface area contributed by atoms with Crippen LogP contribution in [0.15, 0.2) is 12.1 Å². The third-order valence-electron chi connectivity index (χ3n) is 4.97. The van der Waals surface area contributed by atoms with Gasteiger partial charge in [0.05, 0.1) is 0 Å². The van der Waals surface area contributed by atoms with Gasteiger partial charge in [0.15, 0.2) is 0 Å². The quantitative estimate of drug-likeness (QED) is 0.820. The van der Waals surface area contributed by atoms with Gasteiger partial charge in [0.25, 0.3) is 0 Å². The molecule has 2 unspecified atom stereocenters. The van der Waals surface area contributed by atoms with Crippen molar-refractivity contribution in [3.05, 3.63) is 33.8 Å². The first-order chi connectivity index (χ1) is 11.8. The fourth-order valence-electron chi connectivity index (χ4n) is 3.52. The normalized spacial score (nSPS) is 22.9. The molecule has 0 saturated carbocycles. The monoisotopic (exact) mass is 398 g/mol. The number of amides is 3. The summed E-state index contributed by atoms with van der Waals surface area (Å²) >= 11 is 8.63. The topological polar surface area (TPSA) is 61.4 Å². The van der Waals surface area contributed by atoms with E-state index in [1.54, 1.807) is 0 Å².